The molecule has 144 valence electrons. The third-order valence-corrected chi connectivity index (χ3v) is 4.76. The minimum absolute atomic E-state index is 0.0105. The second-order valence-corrected chi connectivity index (χ2v) is 7.14. The molecule has 0 aliphatic heterocycles. The van der Waals surface area contributed by atoms with Crippen LogP contribution in [-0.2, 0) is 31.2 Å². The Kier molecular flexibility index (Phi) is 6.11. The maximum absolute atomic E-state index is 11.9. The zero-order valence-electron chi connectivity index (χ0n) is 16.3. The Morgan fingerprint density at radius 3 is 2.78 bits per heavy atom. The highest BCUT2D eigenvalue weighted by molar-refractivity contribution is 5.86. The third kappa shape index (κ3) is 5.32. The van der Waals surface area contributed by atoms with Gasteiger partial charge < -0.3 is 15.5 Å². The fourth-order valence-corrected chi connectivity index (χ4v) is 3.19. The van der Waals surface area contributed by atoms with Crippen molar-refractivity contribution < 1.29 is 4.79 Å². The van der Waals surface area contributed by atoms with Crippen LogP contribution in [-0.4, -0.2) is 53.2 Å². The molecular formula is C20H28N6O. The molecule has 7 nitrogen and oxygen atoms in total. The summed E-state index contributed by atoms with van der Waals surface area (Å²) in [5.41, 5.74) is 3.71. The molecule has 0 bridgehead atoms. The van der Waals surface area contributed by atoms with Crippen molar-refractivity contribution in [1.82, 2.24) is 25.3 Å². The summed E-state index contributed by atoms with van der Waals surface area (Å²) >= 11 is 0. The Balaban J connectivity index is 1.66. The number of carbonyl (C=O) groups is 1. The van der Waals surface area contributed by atoms with E-state index in [9.17, 15) is 4.79 Å². The van der Waals surface area contributed by atoms with Gasteiger partial charge in [-0.3, -0.25) is 9.48 Å². The molecule has 0 saturated heterocycles. The number of aliphatic imine (C=N–C) groups is 1. The van der Waals surface area contributed by atoms with Gasteiger partial charge in [0.15, 0.2) is 5.96 Å². The van der Waals surface area contributed by atoms with Crippen LogP contribution in [0.5, 0.6) is 0 Å². The number of rotatable bonds is 5. The second-order valence-electron chi connectivity index (χ2n) is 7.14. The Morgan fingerprint density at radius 2 is 2.07 bits per heavy atom. The van der Waals surface area contributed by atoms with E-state index in [1.165, 1.54) is 11.1 Å². The van der Waals surface area contributed by atoms with Gasteiger partial charge in [0.1, 0.15) is 0 Å². The van der Waals surface area contributed by atoms with Gasteiger partial charge in [-0.2, -0.15) is 5.10 Å². The van der Waals surface area contributed by atoms with Crippen LogP contribution in [0.1, 0.15) is 23.2 Å². The summed E-state index contributed by atoms with van der Waals surface area (Å²) in [6.45, 7) is 0.681. The van der Waals surface area contributed by atoms with Crippen molar-refractivity contribution in [3.63, 3.8) is 0 Å². The minimum Gasteiger partial charge on any atom is -0.353 e. The Bertz CT molecular complexity index is 810. The van der Waals surface area contributed by atoms with Crippen LogP contribution in [0.15, 0.2) is 41.5 Å². The number of aryl methyl sites for hydroxylation is 2. The summed E-state index contributed by atoms with van der Waals surface area (Å²) in [6, 6.07) is 10.8. The third-order valence-electron chi connectivity index (χ3n) is 4.76. The first-order valence-corrected chi connectivity index (χ1v) is 9.31. The summed E-state index contributed by atoms with van der Waals surface area (Å²) in [5.74, 6) is 0.663. The Morgan fingerprint density at radius 1 is 1.30 bits per heavy atom. The van der Waals surface area contributed by atoms with Crippen LogP contribution < -0.4 is 10.6 Å². The quantitative estimate of drug-likeness (QED) is 0.612. The maximum atomic E-state index is 11.9. The van der Waals surface area contributed by atoms with Crippen LogP contribution in [0.4, 0.5) is 0 Å². The van der Waals surface area contributed by atoms with Crippen LogP contribution >= 0.6 is 0 Å². The monoisotopic (exact) mass is 368 g/mol. The van der Waals surface area contributed by atoms with E-state index in [0.717, 1.165) is 25.0 Å². The first kappa shape index (κ1) is 18.9. The molecule has 1 heterocycles. The van der Waals surface area contributed by atoms with Gasteiger partial charge in [0.25, 0.3) is 0 Å². The van der Waals surface area contributed by atoms with E-state index in [4.69, 9.17) is 0 Å². The molecule has 0 saturated carbocycles. The van der Waals surface area contributed by atoms with E-state index in [-0.39, 0.29) is 12.5 Å². The molecule has 1 aliphatic carbocycles. The van der Waals surface area contributed by atoms with Gasteiger partial charge in [-0.15, -0.1) is 0 Å². The smallest absolute Gasteiger partial charge is 0.241 e. The number of benzene rings is 1. The highest BCUT2D eigenvalue weighted by Crippen LogP contribution is 2.20. The van der Waals surface area contributed by atoms with E-state index in [2.05, 4.69) is 45.0 Å². The molecule has 3 rings (SSSR count). The van der Waals surface area contributed by atoms with Gasteiger partial charge in [-0.05, 0) is 36.5 Å². The average Bonchev–Trinajstić information content (AvgIpc) is 3.08. The van der Waals surface area contributed by atoms with E-state index in [1.807, 2.05) is 19.3 Å². The molecule has 1 aliphatic rings. The van der Waals surface area contributed by atoms with Crippen LogP contribution in [0, 0.1) is 0 Å². The minimum atomic E-state index is 0.0105. The lowest BCUT2D eigenvalue weighted by Gasteiger charge is -2.27. The number of fused-ring (bicyclic) bond motifs is 1. The lowest BCUT2D eigenvalue weighted by molar-refractivity contribution is -0.127. The summed E-state index contributed by atoms with van der Waals surface area (Å²) in [5, 5.41) is 11.0. The van der Waals surface area contributed by atoms with Gasteiger partial charge in [0.05, 0.1) is 18.8 Å². The lowest BCUT2D eigenvalue weighted by atomic mass is 9.88. The van der Waals surface area contributed by atoms with Crippen molar-refractivity contribution in [3.8, 4) is 0 Å². The molecule has 1 unspecified atom stereocenters. The Labute approximate surface area is 160 Å². The van der Waals surface area contributed by atoms with Crippen LogP contribution in [0.25, 0.3) is 0 Å². The molecule has 2 aromatic rings. The largest absolute Gasteiger partial charge is 0.353 e. The average molecular weight is 368 g/mol. The van der Waals surface area contributed by atoms with E-state index < -0.39 is 0 Å². The van der Waals surface area contributed by atoms with Crippen molar-refractivity contribution in [2.24, 2.45) is 12.0 Å². The van der Waals surface area contributed by atoms with Gasteiger partial charge in [-0.1, -0.05) is 24.3 Å². The predicted molar refractivity (Wildman–Crippen MR) is 106 cm³/mol. The molecule has 2 N–H and O–H groups in total. The molecule has 27 heavy (non-hydrogen) atoms. The normalized spacial score (nSPS) is 16.6. The number of likely N-dealkylation sites (N-methyl/N-ethyl adjacent to an activating group) is 1. The van der Waals surface area contributed by atoms with E-state index in [0.29, 0.717) is 18.5 Å². The fourth-order valence-electron chi connectivity index (χ4n) is 3.19. The number of nitrogens with one attached hydrogen (secondary N) is 2. The number of amides is 1. The highest BCUT2D eigenvalue weighted by atomic mass is 16.2. The highest BCUT2D eigenvalue weighted by Gasteiger charge is 2.19. The zero-order valence-corrected chi connectivity index (χ0v) is 16.3. The van der Waals surface area contributed by atoms with Crippen LogP contribution in [0.3, 0.4) is 0 Å². The first-order valence-electron chi connectivity index (χ1n) is 9.31. The van der Waals surface area contributed by atoms with Crippen molar-refractivity contribution in [2.75, 3.05) is 20.6 Å². The summed E-state index contributed by atoms with van der Waals surface area (Å²) in [7, 11) is 5.39. The zero-order chi connectivity index (χ0) is 19.2. The number of hydrogen-bond donors (Lipinski definition) is 2. The van der Waals surface area contributed by atoms with Crippen molar-refractivity contribution in [3.05, 3.63) is 53.3 Å². The first-order chi connectivity index (χ1) is 13.0. The van der Waals surface area contributed by atoms with E-state index >= 15 is 0 Å². The summed E-state index contributed by atoms with van der Waals surface area (Å²) in [4.78, 5) is 18.2. The number of guanidine groups is 1. The molecule has 0 fully saturated rings. The van der Waals surface area contributed by atoms with E-state index in [1.54, 1.807) is 23.7 Å². The SMILES string of the molecule is CN(C)C(=O)CNC(=NCc1ccn(C)n1)NC1CCc2ccccc2C1. The number of nitrogens with zero attached hydrogens (tertiary/aromatic N) is 4. The van der Waals surface area contributed by atoms with Gasteiger partial charge in [0, 0.05) is 33.4 Å². The second kappa shape index (κ2) is 8.70. The molecule has 1 amide bonds. The molecule has 1 aromatic heterocycles. The van der Waals surface area contributed by atoms with Gasteiger partial charge >= 0.3 is 0 Å². The molecule has 0 radical (unpaired) electrons. The molecule has 7 heteroatoms. The topological polar surface area (TPSA) is 74.5 Å². The molecular weight excluding hydrogens is 340 g/mol. The molecule has 0 spiro atoms. The van der Waals surface area contributed by atoms with Crippen molar-refractivity contribution in [1.29, 1.82) is 0 Å². The fraction of sp³-hybridized carbons (Fsp3) is 0.450. The van der Waals surface area contributed by atoms with Gasteiger partial charge in [-0.25, -0.2) is 4.99 Å². The van der Waals surface area contributed by atoms with Crippen LogP contribution in [0.2, 0.25) is 0 Å². The maximum Gasteiger partial charge on any atom is 0.241 e. The van der Waals surface area contributed by atoms with Crippen molar-refractivity contribution >= 4 is 11.9 Å². The summed E-state index contributed by atoms with van der Waals surface area (Å²) in [6.07, 6.45) is 4.96. The lowest BCUT2D eigenvalue weighted by Crippen LogP contribution is -2.48. The number of aromatic nitrogens is 2. The molecule has 1 atom stereocenters. The van der Waals surface area contributed by atoms with Gasteiger partial charge in [0.2, 0.25) is 5.91 Å². The summed E-state index contributed by atoms with van der Waals surface area (Å²) < 4.78 is 1.76. The Hall–Kier alpha value is -2.83. The molecule has 1 aromatic carbocycles. The van der Waals surface area contributed by atoms with Crippen molar-refractivity contribution in [2.45, 2.75) is 31.8 Å². The predicted octanol–water partition coefficient (Wildman–Crippen LogP) is 1.10. The number of hydrogen-bond acceptors (Lipinski definition) is 3. The number of carbonyl (C=O) groups excluding carboxylic acids is 1. The standard InChI is InChI=1S/C20H28N6O/c1-25(2)19(27)14-22-20(21-13-18-10-11-26(3)24-18)23-17-9-8-15-6-4-5-7-16(15)12-17/h4-7,10-11,17H,8-9,12-14H2,1-3H3,(H2,21,22,23).